The minimum absolute atomic E-state index is 0.0965. The standard InChI is InChI=1S/C22H21F2N5O2S/c1-27-9-2-3-21(27)28-10-8-14-11-16(5-7-20(14)28)32(30,31)29-13-19(26-22(29)25)17-6-4-15(23)12-18(17)24/h2-7,9,11-12,19H,8,10,13H2,1H3,(H2,25,26). The minimum atomic E-state index is -3.99. The van der Waals surface area contributed by atoms with Crippen molar-refractivity contribution in [1.82, 2.24) is 8.87 Å². The number of guanidine groups is 1. The number of sulfonamides is 1. The monoisotopic (exact) mass is 457 g/mol. The summed E-state index contributed by atoms with van der Waals surface area (Å²) in [5.74, 6) is -0.693. The Labute approximate surface area is 184 Å². The third kappa shape index (κ3) is 3.22. The second-order valence-corrected chi connectivity index (χ2v) is 9.74. The Kier molecular flexibility index (Phi) is 4.70. The fraction of sp³-hybridized carbons (Fsp3) is 0.227. The highest BCUT2D eigenvalue weighted by Crippen LogP contribution is 2.37. The molecule has 2 aliphatic heterocycles. The summed E-state index contributed by atoms with van der Waals surface area (Å²) in [6.07, 6.45) is 2.67. The molecule has 0 spiro atoms. The lowest BCUT2D eigenvalue weighted by Gasteiger charge is -2.21. The molecule has 0 fully saturated rings. The van der Waals surface area contributed by atoms with Gasteiger partial charge in [0.1, 0.15) is 23.5 Å². The van der Waals surface area contributed by atoms with Crippen LogP contribution in [0.15, 0.2) is 64.6 Å². The quantitative estimate of drug-likeness (QED) is 0.653. The molecule has 0 saturated carbocycles. The molecule has 1 aromatic heterocycles. The van der Waals surface area contributed by atoms with Gasteiger partial charge in [0.05, 0.1) is 11.4 Å². The van der Waals surface area contributed by atoms with Crippen molar-refractivity contribution in [3.8, 4) is 0 Å². The first-order chi connectivity index (χ1) is 15.3. The number of anilines is 2. The summed E-state index contributed by atoms with van der Waals surface area (Å²) >= 11 is 0. The number of aliphatic imine (C=N–C) groups is 1. The summed E-state index contributed by atoms with van der Waals surface area (Å²) in [5, 5.41) is 0. The molecule has 10 heteroatoms. The molecule has 1 unspecified atom stereocenters. The van der Waals surface area contributed by atoms with Crippen molar-refractivity contribution in [1.29, 1.82) is 0 Å². The summed E-state index contributed by atoms with van der Waals surface area (Å²) in [5.41, 5.74) is 7.89. The SMILES string of the molecule is Cn1cccc1N1CCc2cc(S(=O)(=O)N3CC(c4ccc(F)cc4F)N=C3N)ccc21. The minimum Gasteiger partial charge on any atom is -0.369 e. The van der Waals surface area contributed by atoms with Crippen LogP contribution >= 0.6 is 0 Å². The van der Waals surface area contributed by atoms with E-state index in [2.05, 4.69) is 9.89 Å². The molecule has 2 aromatic carbocycles. The Hall–Kier alpha value is -3.40. The lowest BCUT2D eigenvalue weighted by molar-refractivity contribution is 0.506. The zero-order valence-corrected chi connectivity index (χ0v) is 18.1. The van der Waals surface area contributed by atoms with E-state index in [1.165, 1.54) is 6.07 Å². The molecule has 0 bridgehead atoms. The highest BCUT2D eigenvalue weighted by atomic mass is 32.2. The summed E-state index contributed by atoms with van der Waals surface area (Å²) < 4.78 is 57.0. The van der Waals surface area contributed by atoms with Gasteiger partial charge in [-0.05, 0) is 48.4 Å². The molecular formula is C22H21F2N5O2S. The number of fused-ring (bicyclic) bond motifs is 1. The van der Waals surface area contributed by atoms with Crippen LogP contribution in [0.3, 0.4) is 0 Å². The molecule has 32 heavy (non-hydrogen) atoms. The molecule has 2 N–H and O–H groups in total. The molecule has 1 atom stereocenters. The van der Waals surface area contributed by atoms with Gasteiger partial charge in [-0.3, -0.25) is 0 Å². The molecule has 3 aromatic rings. The number of nitrogens with two attached hydrogens (primary N) is 1. The van der Waals surface area contributed by atoms with Crippen LogP contribution in [0.4, 0.5) is 20.3 Å². The van der Waals surface area contributed by atoms with Gasteiger partial charge in [-0.25, -0.2) is 26.5 Å². The smallest absolute Gasteiger partial charge is 0.266 e. The van der Waals surface area contributed by atoms with Crippen molar-refractivity contribution in [2.75, 3.05) is 18.0 Å². The van der Waals surface area contributed by atoms with Crippen molar-refractivity contribution >= 4 is 27.5 Å². The average molecular weight is 458 g/mol. The van der Waals surface area contributed by atoms with Crippen molar-refractivity contribution in [2.24, 2.45) is 17.8 Å². The molecule has 0 saturated heterocycles. The second kappa shape index (κ2) is 7.33. The van der Waals surface area contributed by atoms with Crippen molar-refractivity contribution < 1.29 is 17.2 Å². The van der Waals surface area contributed by atoms with Crippen LogP contribution in [0.25, 0.3) is 0 Å². The highest BCUT2D eigenvalue weighted by molar-refractivity contribution is 7.89. The van der Waals surface area contributed by atoms with E-state index in [1.807, 2.05) is 29.9 Å². The van der Waals surface area contributed by atoms with Crippen molar-refractivity contribution in [2.45, 2.75) is 17.4 Å². The molecule has 0 amide bonds. The number of nitrogens with zero attached hydrogens (tertiary/aromatic N) is 4. The maximum atomic E-state index is 14.2. The normalized spacial score (nSPS) is 18.2. The van der Waals surface area contributed by atoms with Gasteiger partial charge in [0.2, 0.25) is 5.96 Å². The Morgan fingerprint density at radius 1 is 1.12 bits per heavy atom. The lowest BCUT2D eigenvalue weighted by atomic mass is 10.1. The van der Waals surface area contributed by atoms with E-state index in [4.69, 9.17) is 5.73 Å². The van der Waals surface area contributed by atoms with Crippen LogP contribution < -0.4 is 10.6 Å². The van der Waals surface area contributed by atoms with Gasteiger partial charge < -0.3 is 15.2 Å². The summed E-state index contributed by atoms with van der Waals surface area (Å²) in [7, 11) is -2.03. The van der Waals surface area contributed by atoms with Crippen LogP contribution in [-0.2, 0) is 23.5 Å². The average Bonchev–Trinajstić information content (AvgIpc) is 3.45. The third-order valence-corrected chi connectivity index (χ3v) is 7.70. The maximum absolute atomic E-state index is 14.2. The van der Waals surface area contributed by atoms with Crippen LogP contribution in [0.1, 0.15) is 17.2 Å². The largest absolute Gasteiger partial charge is 0.369 e. The van der Waals surface area contributed by atoms with E-state index in [1.54, 1.807) is 18.2 Å². The van der Waals surface area contributed by atoms with Gasteiger partial charge >= 0.3 is 0 Å². The van der Waals surface area contributed by atoms with Crippen molar-refractivity contribution in [3.63, 3.8) is 0 Å². The number of rotatable bonds is 4. The Morgan fingerprint density at radius 3 is 2.66 bits per heavy atom. The zero-order valence-electron chi connectivity index (χ0n) is 17.2. The first-order valence-electron chi connectivity index (χ1n) is 10.1. The van der Waals surface area contributed by atoms with Gasteiger partial charge in [0.15, 0.2) is 0 Å². The first kappa shape index (κ1) is 20.5. The van der Waals surface area contributed by atoms with E-state index in [-0.39, 0.29) is 23.0 Å². The molecule has 166 valence electrons. The number of aryl methyl sites for hydroxylation is 1. The van der Waals surface area contributed by atoms with E-state index >= 15 is 0 Å². The van der Waals surface area contributed by atoms with Crippen LogP contribution in [0.5, 0.6) is 0 Å². The Balaban J connectivity index is 1.43. The second-order valence-electron chi connectivity index (χ2n) is 7.87. The maximum Gasteiger partial charge on any atom is 0.266 e. The molecule has 3 heterocycles. The zero-order chi connectivity index (χ0) is 22.6. The van der Waals surface area contributed by atoms with E-state index in [0.717, 1.165) is 40.1 Å². The van der Waals surface area contributed by atoms with Crippen LogP contribution in [-0.4, -0.2) is 36.3 Å². The molecule has 0 radical (unpaired) electrons. The van der Waals surface area contributed by atoms with E-state index < -0.39 is 27.7 Å². The van der Waals surface area contributed by atoms with Gasteiger partial charge in [-0.2, -0.15) is 0 Å². The summed E-state index contributed by atoms with van der Waals surface area (Å²) in [6, 6.07) is 11.3. The van der Waals surface area contributed by atoms with Gasteiger partial charge in [0.25, 0.3) is 10.0 Å². The molecule has 0 aliphatic carbocycles. The van der Waals surface area contributed by atoms with Gasteiger partial charge in [-0.1, -0.05) is 6.07 Å². The van der Waals surface area contributed by atoms with Crippen LogP contribution in [0.2, 0.25) is 0 Å². The number of hydrogen-bond donors (Lipinski definition) is 1. The molecule has 5 rings (SSSR count). The molecular weight excluding hydrogens is 436 g/mol. The van der Waals surface area contributed by atoms with Crippen molar-refractivity contribution in [3.05, 3.63) is 77.5 Å². The number of hydrogen-bond acceptors (Lipinski definition) is 5. The first-order valence-corrected chi connectivity index (χ1v) is 11.5. The van der Waals surface area contributed by atoms with E-state index in [9.17, 15) is 17.2 Å². The predicted octanol–water partition coefficient (Wildman–Crippen LogP) is 3.06. The number of halogens is 2. The third-order valence-electron chi connectivity index (χ3n) is 5.93. The summed E-state index contributed by atoms with van der Waals surface area (Å²) in [4.78, 5) is 6.36. The Bertz CT molecular complexity index is 1350. The summed E-state index contributed by atoms with van der Waals surface area (Å²) in [6.45, 7) is 0.596. The molecule has 7 nitrogen and oxygen atoms in total. The van der Waals surface area contributed by atoms with Crippen LogP contribution in [0, 0.1) is 11.6 Å². The van der Waals surface area contributed by atoms with E-state index in [0.29, 0.717) is 6.42 Å². The lowest BCUT2D eigenvalue weighted by Crippen LogP contribution is -2.39. The molecule has 2 aliphatic rings. The fourth-order valence-electron chi connectivity index (χ4n) is 4.31. The number of aromatic nitrogens is 1. The fourth-order valence-corrected chi connectivity index (χ4v) is 5.73. The number of benzene rings is 2. The van der Waals surface area contributed by atoms with Gasteiger partial charge in [0, 0.05) is 37.1 Å². The highest BCUT2D eigenvalue weighted by Gasteiger charge is 2.36. The Morgan fingerprint density at radius 2 is 1.94 bits per heavy atom. The topological polar surface area (TPSA) is 83.9 Å². The predicted molar refractivity (Wildman–Crippen MR) is 117 cm³/mol. The van der Waals surface area contributed by atoms with Gasteiger partial charge in [-0.15, -0.1) is 0 Å².